The van der Waals surface area contributed by atoms with Crippen LogP contribution in [0, 0.1) is 16.7 Å². The van der Waals surface area contributed by atoms with Crippen molar-refractivity contribution in [2.45, 2.75) is 38.6 Å². The Morgan fingerprint density at radius 3 is 3.18 bits per heavy atom. The number of piperidine rings is 1. The topological polar surface area (TPSA) is 35.8 Å². The fourth-order valence-electron chi connectivity index (χ4n) is 3.66. The summed E-state index contributed by atoms with van der Waals surface area (Å²) in [6.07, 6.45) is 5.00. The van der Waals surface area contributed by atoms with Crippen LogP contribution in [0.5, 0.6) is 0 Å². The molecule has 1 aromatic rings. The molecule has 1 fully saturated rings. The lowest BCUT2D eigenvalue weighted by atomic mass is 9.72. The lowest BCUT2D eigenvalue weighted by Crippen LogP contribution is -2.40. The molecule has 1 aromatic carbocycles. The Bertz CT molecular complexity index is 486. The maximum atomic E-state index is 9.02. The lowest BCUT2D eigenvalue weighted by Gasteiger charge is -2.40. The molecule has 0 saturated carbocycles. The summed E-state index contributed by atoms with van der Waals surface area (Å²) in [5, 5.41) is 12.7. The number of fused-ring (bicyclic) bond motifs is 3. The van der Waals surface area contributed by atoms with E-state index in [1.807, 2.05) is 6.07 Å². The van der Waals surface area contributed by atoms with Crippen LogP contribution in [-0.2, 0) is 6.42 Å². The van der Waals surface area contributed by atoms with Gasteiger partial charge in [0.1, 0.15) is 0 Å². The van der Waals surface area contributed by atoms with Crippen molar-refractivity contribution in [2.24, 2.45) is 5.41 Å². The quantitative estimate of drug-likeness (QED) is 0.799. The first-order chi connectivity index (χ1) is 8.29. The average Bonchev–Trinajstić information content (AvgIpc) is 2.72. The fraction of sp³-hybridized carbons (Fsp3) is 0.533. The predicted octanol–water partition coefficient (Wildman–Crippen LogP) is 2.94. The zero-order valence-electron chi connectivity index (χ0n) is 10.3. The Balaban J connectivity index is 2.07. The number of nitrogens with zero attached hydrogens (tertiary/aromatic N) is 1. The van der Waals surface area contributed by atoms with Gasteiger partial charge in [-0.2, -0.15) is 5.26 Å². The standard InChI is InChI=1S/C15H18N2/c1-2-15-6-3-7-17-14(15)13-8-11(10-16)4-5-12(13)9-15/h4-5,8,14,17H,2-3,6-7,9H2,1H3/t14-,15+/m0/s1. The SMILES string of the molecule is CC[C@]12CCCN[C@H]1c1cc(C#N)ccc1C2. The third kappa shape index (κ3) is 1.50. The van der Waals surface area contributed by atoms with Crippen LogP contribution in [0.1, 0.15) is 48.9 Å². The normalized spacial score (nSPS) is 30.5. The third-order valence-electron chi connectivity index (χ3n) is 4.64. The Morgan fingerprint density at radius 1 is 1.53 bits per heavy atom. The third-order valence-corrected chi connectivity index (χ3v) is 4.64. The first-order valence-electron chi connectivity index (χ1n) is 6.55. The molecule has 17 heavy (non-hydrogen) atoms. The summed E-state index contributed by atoms with van der Waals surface area (Å²) in [5.41, 5.74) is 4.04. The number of rotatable bonds is 1. The van der Waals surface area contributed by atoms with E-state index in [1.165, 1.54) is 36.8 Å². The summed E-state index contributed by atoms with van der Waals surface area (Å²) in [6, 6.07) is 8.94. The molecule has 0 bridgehead atoms. The number of nitrogens with one attached hydrogen (secondary N) is 1. The van der Waals surface area contributed by atoms with Crippen molar-refractivity contribution in [3.8, 4) is 6.07 Å². The van der Waals surface area contributed by atoms with Gasteiger partial charge < -0.3 is 5.32 Å². The van der Waals surface area contributed by atoms with Gasteiger partial charge in [-0.1, -0.05) is 13.0 Å². The van der Waals surface area contributed by atoms with Crippen LogP contribution in [0.4, 0.5) is 0 Å². The number of hydrogen-bond donors (Lipinski definition) is 1. The van der Waals surface area contributed by atoms with Gasteiger partial charge in [-0.05, 0) is 60.9 Å². The Morgan fingerprint density at radius 2 is 2.41 bits per heavy atom. The average molecular weight is 226 g/mol. The van der Waals surface area contributed by atoms with Gasteiger partial charge in [-0.3, -0.25) is 0 Å². The summed E-state index contributed by atoms with van der Waals surface area (Å²) in [6.45, 7) is 3.42. The summed E-state index contributed by atoms with van der Waals surface area (Å²) in [5.74, 6) is 0. The van der Waals surface area contributed by atoms with E-state index in [0.29, 0.717) is 11.5 Å². The molecule has 0 aromatic heterocycles. The summed E-state index contributed by atoms with van der Waals surface area (Å²) in [4.78, 5) is 0. The van der Waals surface area contributed by atoms with E-state index < -0.39 is 0 Å². The van der Waals surface area contributed by atoms with Gasteiger partial charge in [0.25, 0.3) is 0 Å². The molecule has 2 aliphatic rings. The van der Waals surface area contributed by atoms with E-state index in [2.05, 4.69) is 30.4 Å². The van der Waals surface area contributed by atoms with Crippen LogP contribution in [0.3, 0.4) is 0 Å². The Kier molecular flexibility index (Phi) is 2.45. The van der Waals surface area contributed by atoms with E-state index in [1.54, 1.807) is 0 Å². The highest BCUT2D eigenvalue weighted by Crippen LogP contribution is 2.52. The molecule has 2 nitrogen and oxygen atoms in total. The van der Waals surface area contributed by atoms with Crippen molar-refractivity contribution in [3.05, 3.63) is 34.9 Å². The highest BCUT2D eigenvalue weighted by atomic mass is 15.0. The molecule has 0 spiro atoms. The zero-order valence-corrected chi connectivity index (χ0v) is 10.3. The number of hydrogen-bond acceptors (Lipinski definition) is 2. The molecular formula is C15H18N2. The van der Waals surface area contributed by atoms with Gasteiger partial charge in [-0.25, -0.2) is 0 Å². The van der Waals surface area contributed by atoms with Crippen LogP contribution < -0.4 is 5.32 Å². The van der Waals surface area contributed by atoms with E-state index in [4.69, 9.17) is 5.26 Å². The minimum atomic E-state index is 0.411. The van der Waals surface area contributed by atoms with E-state index in [0.717, 1.165) is 12.1 Å². The molecular weight excluding hydrogens is 208 g/mol. The van der Waals surface area contributed by atoms with Gasteiger partial charge in [0.15, 0.2) is 0 Å². The van der Waals surface area contributed by atoms with Crippen LogP contribution in [0.2, 0.25) is 0 Å². The number of nitriles is 1. The molecule has 1 aliphatic carbocycles. The van der Waals surface area contributed by atoms with Crippen LogP contribution >= 0.6 is 0 Å². The molecule has 1 saturated heterocycles. The lowest BCUT2D eigenvalue weighted by molar-refractivity contribution is 0.146. The molecule has 88 valence electrons. The molecule has 3 rings (SSSR count). The van der Waals surface area contributed by atoms with Crippen molar-refractivity contribution in [1.29, 1.82) is 5.26 Å². The number of benzene rings is 1. The second-order valence-corrected chi connectivity index (χ2v) is 5.41. The molecule has 1 heterocycles. The molecule has 0 radical (unpaired) electrons. The highest BCUT2D eigenvalue weighted by Gasteiger charge is 2.45. The molecule has 2 heteroatoms. The smallest absolute Gasteiger partial charge is 0.0991 e. The fourth-order valence-corrected chi connectivity index (χ4v) is 3.66. The van der Waals surface area contributed by atoms with Gasteiger partial charge >= 0.3 is 0 Å². The predicted molar refractivity (Wildman–Crippen MR) is 67.6 cm³/mol. The van der Waals surface area contributed by atoms with Crippen molar-refractivity contribution in [1.82, 2.24) is 5.32 Å². The summed E-state index contributed by atoms with van der Waals surface area (Å²) < 4.78 is 0. The van der Waals surface area contributed by atoms with Crippen LogP contribution in [0.25, 0.3) is 0 Å². The van der Waals surface area contributed by atoms with Gasteiger partial charge in [-0.15, -0.1) is 0 Å². The molecule has 0 amide bonds. The molecule has 0 unspecified atom stereocenters. The van der Waals surface area contributed by atoms with Crippen molar-refractivity contribution in [3.63, 3.8) is 0 Å². The van der Waals surface area contributed by atoms with Crippen LogP contribution in [-0.4, -0.2) is 6.54 Å². The van der Waals surface area contributed by atoms with E-state index in [9.17, 15) is 0 Å². The summed E-state index contributed by atoms with van der Waals surface area (Å²) >= 11 is 0. The van der Waals surface area contributed by atoms with E-state index in [-0.39, 0.29) is 0 Å². The Labute approximate surface area is 103 Å². The monoisotopic (exact) mass is 226 g/mol. The van der Waals surface area contributed by atoms with Crippen LogP contribution in [0.15, 0.2) is 18.2 Å². The van der Waals surface area contributed by atoms with E-state index >= 15 is 0 Å². The zero-order chi connectivity index (χ0) is 11.9. The molecule has 1 N–H and O–H groups in total. The largest absolute Gasteiger partial charge is 0.309 e. The molecule has 2 atom stereocenters. The van der Waals surface area contributed by atoms with Crippen molar-refractivity contribution in [2.75, 3.05) is 6.54 Å². The molecule has 1 aliphatic heterocycles. The van der Waals surface area contributed by atoms with Crippen molar-refractivity contribution < 1.29 is 0 Å². The Hall–Kier alpha value is -1.33. The minimum Gasteiger partial charge on any atom is -0.309 e. The first-order valence-corrected chi connectivity index (χ1v) is 6.55. The van der Waals surface area contributed by atoms with Gasteiger partial charge in [0.2, 0.25) is 0 Å². The maximum Gasteiger partial charge on any atom is 0.0991 e. The first kappa shape index (κ1) is 10.8. The second kappa shape index (κ2) is 3.85. The summed E-state index contributed by atoms with van der Waals surface area (Å²) in [7, 11) is 0. The minimum absolute atomic E-state index is 0.411. The van der Waals surface area contributed by atoms with Crippen molar-refractivity contribution >= 4 is 0 Å². The second-order valence-electron chi connectivity index (χ2n) is 5.41. The van der Waals surface area contributed by atoms with Gasteiger partial charge in [0.05, 0.1) is 11.6 Å². The maximum absolute atomic E-state index is 9.02. The highest BCUT2D eigenvalue weighted by molar-refractivity contribution is 5.45. The van der Waals surface area contributed by atoms with Gasteiger partial charge in [0, 0.05) is 6.04 Å².